The third-order valence-electron chi connectivity index (χ3n) is 4.65. The van der Waals surface area contributed by atoms with Gasteiger partial charge in [0.15, 0.2) is 17.1 Å². The van der Waals surface area contributed by atoms with Crippen LogP contribution in [0, 0.1) is 12.8 Å². The van der Waals surface area contributed by atoms with E-state index in [1.165, 1.54) is 0 Å². The number of aromatic nitrogens is 7. The van der Waals surface area contributed by atoms with Crippen molar-refractivity contribution in [3.63, 3.8) is 0 Å². The predicted molar refractivity (Wildman–Crippen MR) is 97.0 cm³/mol. The van der Waals surface area contributed by atoms with Crippen molar-refractivity contribution in [2.24, 2.45) is 5.92 Å². The van der Waals surface area contributed by atoms with E-state index in [1.807, 2.05) is 31.2 Å². The van der Waals surface area contributed by atoms with Crippen molar-refractivity contribution in [3.8, 4) is 0 Å². The Morgan fingerprint density at radius 2 is 2.04 bits per heavy atom. The van der Waals surface area contributed by atoms with Gasteiger partial charge in [0, 0.05) is 31.7 Å². The second-order valence-corrected chi connectivity index (χ2v) is 6.46. The normalized spacial score (nSPS) is 14.7. The largest absolute Gasteiger partial charge is 0.369 e. The summed E-state index contributed by atoms with van der Waals surface area (Å²) in [5.74, 6) is 3.12. The van der Waals surface area contributed by atoms with E-state index >= 15 is 0 Å². The van der Waals surface area contributed by atoms with E-state index in [0.29, 0.717) is 11.6 Å². The lowest BCUT2D eigenvalue weighted by molar-refractivity contribution is 0.424. The molecule has 0 spiro atoms. The minimum absolute atomic E-state index is 0.538. The van der Waals surface area contributed by atoms with Crippen LogP contribution in [0.1, 0.15) is 5.82 Å². The molecule has 5 heterocycles. The smallest absolute Gasteiger partial charge is 0.178 e. The van der Waals surface area contributed by atoms with Crippen molar-refractivity contribution < 1.29 is 0 Å². The fourth-order valence-electron chi connectivity index (χ4n) is 3.22. The molecule has 26 heavy (non-hydrogen) atoms. The molecular formula is C17H17N9. The highest BCUT2D eigenvalue weighted by Gasteiger charge is 2.28. The van der Waals surface area contributed by atoms with E-state index in [4.69, 9.17) is 0 Å². The summed E-state index contributed by atoms with van der Waals surface area (Å²) in [5.41, 5.74) is 1.48. The van der Waals surface area contributed by atoms with Crippen LogP contribution in [0.5, 0.6) is 0 Å². The number of hydrogen-bond acceptors (Lipinski definition) is 8. The lowest BCUT2D eigenvalue weighted by atomic mass is 10.0. The first-order valence-electron chi connectivity index (χ1n) is 8.51. The van der Waals surface area contributed by atoms with Crippen LogP contribution >= 0.6 is 0 Å². The monoisotopic (exact) mass is 347 g/mol. The van der Waals surface area contributed by atoms with Gasteiger partial charge in [-0.15, -0.1) is 15.3 Å². The van der Waals surface area contributed by atoms with Gasteiger partial charge in [-0.2, -0.15) is 4.52 Å². The first-order chi connectivity index (χ1) is 12.8. The van der Waals surface area contributed by atoms with E-state index in [2.05, 4.69) is 40.5 Å². The van der Waals surface area contributed by atoms with Gasteiger partial charge in [-0.1, -0.05) is 0 Å². The molecule has 0 unspecified atom stereocenters. The highest BCUT2D eigenvalue weighted by Crippen LogP contribution is 2.24. The van der Waals surface area contributed by atoms with Crippen LogP contribution in [-0.2, 0) is 0 Å². The van der Waals surface area contributed by atoms with E-state index in [0.717, 1.165) is 48.1 Å². The van der Waals surface area contributed by atoms with E-state index in [-0.39, 0.29) is 0 Å². The molecule has 0 radical (unpaired) electrons. The van der Waals surface area contributed by atoms with Crippen molar-refractivity contribution in [3.05, 3.63) is 42.6 Å². The molecule has 0 bridgehead atoms. The number of pyridine rings is 1. The number of rotatable bonds is 4. The van der Waals surface area contributed by atoms with E-state index < -0.39 is 0 Å². The van der Waals surface area contributed by atoms with Crippen molar-refractivity contribution >= 4 is 28.3 Å². The molecular weight excluding hydrogens is 330 g/mol. The Hall–Kier alpha value is -3.36. The lowest BCUT2D eigenvalue weighted by Crippen LogP contribution is -2.50. The Morgan fingerprint density at radius 1 is 1.12 bits per heavy atom. The van der Waals surface area contributed by atoms with Crippen molar-refractivity contribution in [1.82, 2.24) is 34.8 Å². The zero-order valence-electron chi connectivity index (χ0n) is 14.2. The molecule has 9 nitrogen and oxygen atoms in total. The number of hydrogen-bond donors (Lipinski definition) is 1. The standard InChI is InChI=1S/C17H17N9/c1-11-22-23-14-4-5-15(24-26(11)14)25-8-12(9-25)7-19-17-13-3-2-6-18-16(13)20-10-21-17/h2-6,10,12H,7-9H2,1H3,(H,18,19,20,21). The van der Waals surface area contributed by atoms with Crippen molar-refractivity contribution in [2.75, 3.05) is 29.9 Å². The summed E-state index contributed by atoms with van der Waals surface area (Å²) in [6.45, 7) is 4.66. The predicted octanol–water partition coefficient (Wildman–Crippen LogP) is 1.32. The molecule has 4 aromatic rings. The van der Waals surface area contributed by atoms with Gasteiger partial charge in [0.1, 0.15) is 18.0 Å². The molecule has 1 aliphatic heterocycles. The molecule has 0 saturated carbocycles. The van der Waals surface area contributed by atoms with Crippen LogP contribution in [0.3, 0.4) is 0 Å². The molecule has 1 N–H and O–H groups in total. The second kappa shape index (κ2) is 5.87. The Kier molecular flexibility index (Phi) is 3.37. The molecule has 1 aliphatic rings. The zero-order valence-corrected chi connectivity index (χ0v) is 14.2. The fourth-order valence-corrected chi connectivity index (χ4v) is 3.22. The molecule has 0 atom stereocenters. The van der Waals surface area contributed by atoms with Gasteiger partial charge in [-0.05, 0) is 31.2 Å². The maximum absolute atomic E-state index is 4.62. The third kappa shape index (κ3) is 2.48. The van der Waals surface area contributed by atoms with Crippen LogP contribution < -0.4 is 10.2 Å². The molecule has 0 aliphatic carbocycles. The summed E-state index contributed by atoms with van der Waals surface area (Å²) in [6, 6.07) is 7.83. The Bertz CT molecular complexity index is 1080. The van der Waals surface area contributed by atoms with Gasteiger partial charge in [-0.3, -0.25) is 0 Å². The number of aryl methyl sites for hydroxylation is 1. The number of fused-ring (bicyclic) bond motifs is 2. The van der Waals surface area contributed by atoms with Gasteiger partial charge in [0.2, 0.25) is 0 Å². The van der Waals surface area contributed by atoms with Crippen LogP contribution in [0.4, 0.5) is 11.6 Å². The van der Waals surface area contributed by atoms with Crippen LogP contribution in [-0.4, -0.2) is 54.4 Å². The molecule has 1 fully saturated rings. The summed E-state index contributed by atoms with van der Waals surface area (Å²) in [6.07, 6.45) is 3.29. The van der Waals surface area contributed by atoms with Gasteiger partial charge >= 0.3 is 0 Å². The average molecular weight is 347 g/mol. The average Bonchev–Trinajstić information content (AvgIpc) is 3.01. The molecule has 5 rings (SSSR count). The lowest BCUT2D eigenvalue weighted by Gasteiger charge is -2.40. The Morgan fingerprint density at radius 3 is 2.96 bits per heavy atom. The maximum Gasteiger partial charge on any atom is 0.178 e. The summed E-state index contributed by atoms with van der Waals surface area (Å²) in [4.78, 5) is 15.1. The second-order valence-electron chi connectivity index (χ2n) is 6.46. The third-order valence-corrected chi connectivity index (χ3v) is 4.65. The number of anilines is 2. The Labute approximate surface area is 149 Å². The highest BCUT2D eigenvalue weighted by atomic mass is 15.4. The van der Waals surface area contributed by atoms with E-state index in [9.17, 15) is 0 Å². The SMILES string of the molecule is Cc1nnc2ccc(N3CC(CNc4ncnc5ncccc45)C3)nn12. The van der Waals surface area contributed by atoms with Gasteiger partial charge < -0.3 is 10.2 Å². The van der Waals surface area contributed by atoms with Crippen molar-refractivity contribution in [2.45, 2.75) is 6.92 Å². The molecule has 130 valence electrons. The van der Waals surface area contributed by atoms with Crippen LogP contribution in [0.2, 0.25) is 0 Å². The number of nitrogens with one attached hydrogen (secondary N) is 1. The quantitative estimate of drug-likeness (QED) is 0.590. The van der Waals surface area contributed by atoms with Crippen LogP contribution in [0.25, 0.3) is 16.7 Å². The minimum Gasteiger partial charge on any atom is -0.369 e. The summed E-state index contributed by atoms with van der Waals surface area (Å²) in [5, 5.41) is 17.1. The fraction of sp³-hybridized carbons (Fsp3) is 0.294. The van der Waals surface area contributed by atoms with Gasteiger partial charge in [0.05, 0.1) is 5.39 Å². The summed E-state index contributed by atoms with van der Waals surface area (Å²) >= 11 is 0. The van der Waals surface area contributed by atoms with Crippen molar-refractivity contribution in [1.29, 1.82) is 0 Å². The summed E-state index contributed by atoms with van der Waals surface area (Å²) < 4.78 is 1.78. The van der Waals surface area contributed by atoms with Gasteiger partial charge in [0.25, 0.3) is 0 Å². The highest BCUT2D eigenvalue weighted by molar-refractivity contribution is 5.85. The Balaban J connectivity index is 1.24. The molecule has 4 aromatic heterocycles. The molecule has 0 aromatic carbocycles. The first-order valence-corrected chi connectivity index (χ1v) is 8.51. The summed E-state index contributed by atoms with van der Waals surface area (Å²) in [7, 11) is 0. The van der Waals surface area contributed by atoms with Crippen LogP contribution in [0.15, 0.2) is 36.8 Å². The number of nitrogens with zero attached hydrogens (tertiary/aromatic N) is 8. The first kappa shape index (κ1) is 14.9. The molecule has 1 saturated heterocycles. The maximum atomic E-state index is 4.62. The van der Waals surface area contributed by atoms with Gasteiger partial charge in [-0.25, -0.2) is 15.0 Å². The van der Waals surface area contributed by atoms with E-state index in [1.54, 1.807) is 17.0 Å². The molecule has 0 amide bonds. The molecule has 9 heteroatoms. The zero-order chi connectivity index (χ0) is 17.5. The topological polar surface area (TPSA) is 97.0 Å². The minimum atomic E-state index is 0.538.